The molecular weight excluding hydrogens is 146 g/mol. The molecule has 2 atom stereocenters. The van der Waals surface area contributed by atoms with Gasteiger partial charge in [-0.05, 0) is 31.6 Å². The van der Waals surface area contributed by atoms with E-state index in [1.54, 1.807) is 5.57 Å². The minimum Gasteiger partial charge on any atom is -0.327 e. The molecule has 12 heavy (non-hydrogen) atoms. The fraction of sp³-hybridized carbons (Fsp3) is 0.818. The highest BCUT2D eigenvalue weighted by atomic mass is 14.6. The summed E-state index contributed by atoms with van der Waals surface area (Å²) in [5.74, 6) is 0.760. The van der Waals surface area contributed by atoms with Gasteiger partial charge in [-0.2, -0.15) is 0 Å². The lowest BCUT2D eigenvalue weighted by Gasteiger charge is -2.05. The molecule has 1 heteroatoms. The highest BCUT2D eigenvalue weighted by molar-refractivity contribution is 5.10. The van der Waals surface area contributed by atoms with Crippen molar-refractivity contribution in [2.24, 2.45) is 11.7 Å². The van der Waals surface area contributed by atoms with E-state index in [1.807, 2.05) is 0 Å². The molecule has 1 aliphatic rings. The monoisotopic (exact) mass is 167 g/mol. The molecule has 1 aliphatic carbocycles. The summed E-state index contributed by atoms with van der Waals surface area (Å²) in [6.45, 7) is 4.55. The highest BCUT2D eigenvalue weighted by Gasteiger charge is 2.15. The molecule has 0 spiro atoms. The summed E-state index contributed by atoms with van der Waals surface area (Å²) in [4.78, 5) is 0. The lowest BCUT2D eigenvalue weighted by molar-refractivity contribution is 0.627. The van der Waals surface area contributed by atoms with E-state index in [2.05, 4.69) is 19.9 Å². The molecular formula is C11H21N. The summed E-state index contributed by atoms with van der Waals surface area (Å²) >= 11 is 0. The second kappa shape index (κ2) is 4.66. The third kappa shape index (κ3) is 2.98. The van der Waals surface area contributed by atoms with Crippen LogP contribution in [-0.4, -0.2) is 6.04 Å². The number of rotatable bonds is 3. The topological polar surface area (TPSA) is 26.0 Å². The molecule has 1 saturated carbocycles. The van der Waals surface area contributed by atoms with Gasteiger partial charge in [-0.15, -0.1) is 0 Å². The molecule has 1 nitrogen and oxygen atoms in total. The summed E-state index contributed by atoms with van der Waals surface area (Å²) in [6.07, 6.45) is 8.64. The molecule has 0 aliphatic heterocycles. The van der Waals surface area contributed by atoms with Gasteiger partial charge in [-0.1, -0.05) is 31.9 Å². The minimum atomic E-state index is 0.449. The Balaban J connectivity index is 2.35. The third-order valence-electron chi connectivity index (χ3n) is 2.62. The van der Waals surface area contributed by atoms with Crippen molar-refractivity contribution in [3.05, 3.63) is 11.6 Å². The summed E-state index contributed by atoms with van der Waals surface area (Å²) in [5.41, 5.74) is 7.43. The molecule has 2 N–H and O–H groups in total. The van der Waals surface area contributed by atoms with Crippen LogP contribution in [0.5, 0.6) is 0 Å². The Labute approximate surface area is 76.0 Å². The molecule has 0 amide bonds. The second-order valence-electron chi connectivity index (χ2n) is 4.09. The van der Waals surface area contributed by atoms with Gasteiger partial charge in [0.1, 0.15) is 0 Å². The average Bonchev–Trinajstić information content (AvgIpc) is 2.36. The average molecular weight is 167 g/mol. The van der Waals surface area contributed by atoms with Gasteiger partial charge in [0, 0.05) is 6.04 Å². The van der Waals surface area contributed by atoms with Crippen molar-refractivity contribution in [3.63, 3.8) is 0 Å². The molecule has 0 saturated heterocycles. The quantitative estimate of drug-likeness (QED) is 0.643. The van der Waals surface area contributed by atoms with E-state index >= 15 is 0 Å². The standard InChI is InChI=1S/C11H21N/c1-3-4-9(2)7-10-5-6-11(12)8-10/h7,9,11H,3-6,8,12H2,1-2H3/b10-7-. The lowest BCUT2D eigenvalue weighted by atomic mass is 10.0. The van der Waals surface area contributed by atoms with Crippen molar-refractivity contribution in [1.82, 2.24) is 0 Å². The van der Waals surface area contributed by atoms with E-state index in [0.717, 1.165) is 12.3 Å². The van der Waals surface area contributed by atoms with Crippen LogP contribution >= 0.6 is 0 Å². The van der Waals surface area contributed by atoms with E-state index < -0.39 is 0 Å². The van der Waals surface area contributed by atoms with Crippen LogP contribution in [0, 0.1) is 5.92 Å². The molecule has 1 rings (SSSR count). The number of nitrogens with two attached hydrogens (primary N) is 1. The zero-order chi connectivity index (χ0) is 8.97. The van der Waals surface area contributed by atoms with Crippen LogP contribution in [0.3, 0.4) is 0 Å². The van der Waals surface area contributed by atoms with E-state index in [-0.39, 0.29) is 0 Å². The Morgan fingerprint density at radius 1 is 1.67 bits per heavy atom. The zero-order valence-corrected chi connectivity index (χ0v) is 8.34. The fourth-order valence-corrected chi connectivity index (χ4v) is 2.00. The second-order valence-corrected chi connectivity index (χ2v) is 4.09. The predicted molar refractivity (Wildman–Crippen MR) is 54.0 cm³/mol. The maximum atomic E-state index is 5.83. The Morgan fingerprint density at radius 3 is 2.92 bits per heavy atom. The van der Waals surface area contributed by atoms with E-state index in [4.69, 9.17) is 5.73 Å². The van der Waals surface area contributed by atoms with Gasteiger partial charge < -0.3 is 5.73 Å². The SMILES string of the molecule is CCCC(C)/C=C1/CCC(N)C1. The van der Waals surface area contributed by atoms with Crippen LogP contribution in [-0.2, 0) is 0 Å². The van der Waals surface area contributed by atoms with Crippen molar-refractivity contribution < 1.29 is 0 Å². The Hall–Kier alpha value is -0.300. The first-order valence-corrected chi connectivity index (χ1v) is 5.17. The van der Waals surface area contributed by atoms with Gasteiger partial charge in [0.2, 0.25) is 0 Å². The van der Waals surface area contributed by atoms with Gasteiger partial charge in [0.25, 0.3) is 0 Å². The lowest BCUT2D eigenvalue weighted by Crippen LogP contribution is -2.13. The van der Waals surface area contributed by atoms with Crippen LogP contribution in [0.15, 0.2) is 11.6 Å². The molecule has 70 valence electrons. The van der Waals surface area contributed by atoms with Crippen molar-refractivity contribution in [1.29, 1.82) is 0 Å². The first kappa shape index (κ1) is 9.79. The van der Waals surface area contributed by atoms with Gasteiger partial charge in [0.15, 0.2) is 0 Å². The van der Waals surface area contributed by atoms with Gasteiger partial charge >= 0.3 is 0 Å². The first-order valence-electron chi connectivity index (χ1n) is 5.17. The van der Waals surface area contributed by atoms with Gasteiger partial charge in [-0.3, -0.25) is 0 Å². The summed E-state index contributed by atoms with van der Waals surface area (Å²) < 4.78 is 0. The van der Waals surface area contributed by atoms with Crippen LogP contribution in [0.4, 0.5) is 0 Å². The zero-order valence-electron chi connectivity index (χ0n) is 8.34. The van der Waals surface area contributed by atoms with Crippen LogP contribution in [0.2, 0.25) is 0 Å². The normalized spacial score (nSPS) is 29.6. The number of hydrogen-bond donors (Lipinski definition) is 1. The Bertz CT molecular complexity index is 160. The van der Waals surface area contributed by atoms with Gasteiger partial charge in [0.05, 0.1) is 0 Å². The molecule has 0 aromatic heterocycles. The molecule has 0 aromatic rings. The maximum absolute atomic E-state index is 5.83. The Kier molecular flexibility index (Phi) is 3.80. The number of hydrogen-bond acceptors (Lipinski definition) is 1. The maximum Gasteiger partial charge on any atom is 0.00791 e. The smallest absolute Gasteiger partial charge is 0.00791 e. The molecule has 2 unspecified atom stereocenters. The molecule has 0 aromatic carbocycles. The minimum absolute atomic E-state index is 0.449. The van der Waals surface area contributed by atoms with Crippen LogP contribution in [0.25, 0.3) is 0 Å². The van der Waals surface area contributed by atoms with Crippen molar-refractivity contribution >= 4 is 0 Å². The van der Waals surface area contributed by atoms with E-state index in [9.17, 15) is 0 Å². The molecule has 0 heterocycles. The van der Waals surface area contributed by atoms with E-state index in [1.165, 1.54) is 25.7 Å². The highest BCUT2D eigenvalue weighted by Crippen LogP contribution is 2.25. The summed E-state index contributed by atoms with van der Waals surface area (Å²) in [6, 6.07) is 0.449. The molecule has 0 radical (unpaired) electrons. The fourth-order valence-electron chi connectivity index (χ4n) is 2.00. The summed E-state index contributed by atoms with van der Waals surface area (Å²) in [7, 11) is 0. The Morgan fingerprint density at radius 2 is 2.42 bits per heavy atom. The van der Waals surface area contributed by atoms with Crippen molar-refractivity contribution in [2.75, 3.05) is 0 Å². The predicted octanol–water partition coefficient (Wildman–Crippen LogP) is 2.86. The van der Waals surface area contributed by atoms with Crippen molar-refractivity contribution in [2.45, 2.75) is 52.0 Å². The van der Waals surface area contributed by atoms with Gasteiger partial charge in [-0.25, -0.2) is 0 Å². The van der Waals surface area contributed by atoms with Crippen LogP contribution < -0.4 is 5.73 Å². The van der Waals surface area contributed by atoms with Crippen molar-refractivity contribution in [3.8, 4) is 0 Å². The third-order valence-corrected chi connectivity index (χ3v) is 2.62. The van der Waals surface area contributed by atoms with Crippen LogP contribution in [0.1, 0.15) is 46.0 Å². The van der Waals surface area contributed by atoms with E-state index in [0.29, 0.717) is 6.04 Å². The number of allylic oxidation sites excluding steroid dienone is 1. The summed E-state index contributed by atoms with van der Waals surface area (Å²) in [5, 5.41) is 0. The molecule has 0 bridgehead atoms. The molecule has 1 fully saturated rings. The first-order chi connectivity index (χ1) is 5.72. The largest absolute Gasteiger partial charge is 0.327 e.